The van der Waals surface area contributed by atoms with Gasteiger partial charge in [0, 0.05) is 10.4 Å². The molecule has 0 aliphatic heterocycles. The fourth-order valence-electron chi connectivity index (χ4n) is 3.44. The summed E-state index contributed by atoms with van der Waals surface area (Å²) in [6.07, 6.45) is 8.11. The maximum atomic E-state index is 12.5. The maximum absolute atomic E-state index is 12.5. The number of carboxylic acids is 1. The number of amides is 1. The van der Waals surface area contributed by atoms with E-state index in [0.717, 1.165) is 25.7 Å². The normalized spacial score (nSPS) is 14.0. The summed E-state index contributed by atoms with van der Waals surface area (Å²) in [4.78, 5) is 26.1. The zero-order valence-electron chi connectivity index (χ0n) is 16.5. The SMILES string of the molecule is COc1ccc(/C=N\NC(=O)c2cc3c(s2)CCCCCC3)c(C(=O)O)c1OC. The van der Waals surface area contributed by atoms with Crippen molar-refractivity contribution in [2.75, 3.05) is 14.2 Å². The van der Waals surface area contributed by atoms with Crippen molar-refractivity contribution in [3.05, 3.63) is 44.6 Å². The first kappa shape index (κ1) is 20.9. The number of carbonyl (C=O) groups excluding carboxylic acids is 1. The molecule has 0 spiro atoms. The van der Waals surface area contributed by atoms with Gasteiger partial charge in [0.25, 0.3) is 5.91 Å². The molecule has 0 radical (unpaired) electrons. The molecule has 29 heavy (non-hydrogen) atoms. The monoisotopic (exact) mass is 416 g/mol. The number of carboxylic acid groups (broad SMARTS) is 1. The van der Waals surface area contributed by atoms with E-state index in [-0.39, 0.29) is 17.2 Å². The van der Waals surface area contributed by atoms with Crippen LogP contribution in [0.3, 0.4) is 0 Å². The number of aromatic carboxylic acids is 1. The molecule has 3 rings (SSSR count). The van der Waals surface area contributed by atoms with Crippen molar-refractivity contribution < 1.29 is 24.2 Å². The number of hydrogen-bond donors (Lipinski definition) is 2. The van der Waals surface area contributed by atoms with Gasteiger partial charge in [0.05, 0.1) is 25.3 Å². The van der Waals surface area contributed by atoms with E-state index < -0.39 is 5.97 Å². The molecule has 2 N–H and O–H groups in total. The van der Waals surface area contributed by atoms with Crippen LogP contribution in [-0.4, -0.2) is 37.4 Å². The Morgan fingerprint density at radius 1 is 1.14 bits per heavy atom. The number of rotatable bonds is 6. The van der Waals surface area contributed by atoms with E-state index in [1.807, 2.05) is 6.07 Å². The Bertz CT molecular complexity index is 910. The van der Waals surface area contributed by atoms with Gasteiger partial charge >= 0.3 is 5.97 Å². The van der Waals surface area contributed by atoms with E-state index in [2.05, 4.69) is 10.5 Å². The highest BCUT2D eigenvalue weighted by Crippen LogP contribution is 2.33. The van der Waals surface area contributed by atoms with Crippen LogP contribution in [0.15, 0.2) is 23.3 Å². The van der Waals surface area contributed by atoms with E-state index in [4.69, 9.17) is 9.47 Å². The predicted molar refractivity (Wildman–Crippen MR) is 112 cm³/mol. The molecule has 7 nitrogen and oxygen atoms in total. The van der Waals surface area contributed by atoms with Gasteiger partial charge < -0.3 is 14.6 Å². The lowest BCUT2D eigenvalue weighted by atomic mass is 10.00. The summed E-state index contributed by atoms with van der Waals surface area (Å²) in [7, 11) is 2.80. The second-order valence-electron chi connectivity index (χ2n) is 6.74. The number of ether oxygens (including phenoxy) is 2. The Morgan fingerprint density at radius 3 is 2.59 bits per heavy atom. The number of hydrogen-bond acceptors (Lipinski definition) is 6. The van der Waals surface area contributed by atoms with Gasteiger partial charge in [-0.15, -0.1) is 11.3 Å². The maximum Gasteiger partial charge on any atom is 0.340 e. The summed E-state index contributed by atoms with van der Waals surface area (Å²) < 4.78 is 10.3. The van der Waals surface area contributed by atoms with Crippen molar-refractivity contribution in [2.45, 2.75) is 38.5 Å². The van der Waals surface area contributed by atoms with Gasteiger partial charge in [-0.3, -0.25) is 4.79 Å². The van der Waals surface area contributed by atoms with Crippen LogP contribution in [0.1, 0.15) is 61.7 Å². The van der Waals surface area contributed by atoms with Crippen LogP contribution in [0.4, 0.5) is 0 Å². The Labute approximate surface area is 173 Å². The zero-order chi connectivity index (χ0) is 20.8. The first-order valence-corrected chi connectivity index (χ1v) is 10.3. The highest BCUT2D eigenvalue weighted by Gasteiger charge is 2.20. The standard InChI is InChI=1S/C21H24N2O5S/c1-27-15-10-9-14(18(21(25)26)19(15)28-2)12-22-23-20(24)17-11-13-7-5-3-4-6-8-16(13)29-17/h9-12H,3-8H2,1-2H3,(H,23,24)(H,25,26)/b22-12-. The molecule has 8 heteroatoms. The highest BCUT2D eigenvalue weighted by atomic mass is 32.1. The number of hydrazone groups is 1. The smallest absolute Gasteiger partial charge is 0.340 e. The van der Waals surface area contributed by atoms with Gasteiger partial charge in [0.1, 0.15) is 5.56 Å². The Hall–Kier alpha value is -2.87. The first-order chi connectivity index (χ1) is 14.0. The number of nitrogens with one attached hydrogen (secondary N) is 1. The molecule has 0 fully saturated rings. The number of aryl methyl sites for hydroxylation is 2. The van der Waals surface area contributed by atoms with Crippen LogP contribution < -0.4 is 14.9 Å². The molecule has 1 aromatic heterocycles. The molecule has 2 aromatic rings. The average molecular weight is 416 g/mol. The van der Waals surface area contributed by atoms with Crippen molar-refractivity contribution in [1.82, 2.24) is 5.43 Å². The molecular weight excluding hydrogens is 392 g/mol. The van der Waals surface area contributed by atoms with Crippen LogP contribution in [0.2, 0.25) is 0 Å². The van der Waals surface area contributed by atoms with Gasteiger partial charge in [-0.1, -0.05) is 12.8 Å². The van der Waals surface area contributed by atoms with Gasteiger partial charge in [-0.2, -0.15) is 5.10 Å². The van der Waals surface area contributed by atoms with E-state index in [9.17, 15) is 14.7 Å². The van der Waals surface area contributed by atoms with E-state index in [1.165, 1.54) is 55.1 Å². The van der Waals surface area contributed by atoms with Crippen molar-refractivity contribution in [2.24, 2.45) is 5.10 Å². The summed E-state index contributed by atoms with van der Waals surface area (Å²) in [5, 5.41) is 13.5. The summed E-state index contributed by atoms with van der Waals surface area (Å²) >= 11 is 1.51. The van der Waals surface area contributed by atoms with Gasteiger partial charge in [-0.05, 0) is 49.4 Å². The number of carbonyl (C=O) groups is 2. The number of fused-ring (bicyclic) bond motifs is 1. The molecule has 1 aliphatic rings. The molecule has 0 saturated carbocycles. The summed E-state index contributed by atoms with van der Waals surface area (Å²) in [6.45, 7) is 0. The predicted octanol–water partition coefficient (Wildman–Crippen LogP) is 3.89. The first-order valence-electron chi connectivity index (χ1n) is 9.48. The van der Waals surface area contributed by atoms with E-state index >= 15 is 0 Å². The lowest BCUT2D eigenvalue weighted by Crippen LogP contribution is -2.16. The molecule has 154 valence electrons. The van der Waals surface area contributed by atoms with Crippen LogP contribution in [0.25, 0.3) is 0 Å². The molecule has 1 amide bonds. The second-order valence-corrected chi connectivity index (χ2v) is 7.88. The number of methoxy groups -OCH3 is 2. The quantitative estimate of drug-likeness (QED) is 0.550. The lowest BCUT2D eigenvalue weighted by molar-refractivity contribution is 0.0692. The minimum Gasteiger partial charge on any atom is -0.493 e. The average Bonchev–Trinajstić information content (AvgIpc) is 3.09. The van der Waals surface area contributed by atoms with Crippen molar-refractivity contribution in [3.63, 3.8) is 0 Å². The van der Waals surface area contributed by atoms with Gasteiger partial charge in [0.2, 0.25) is 0 Å². The minimum absolute atomic E-state index is 0.0797. The summed E-state index contributed by atoms with van der Waals surface area (Å²) in [5.41, 5.74) is 3.98. The third-order valence-corrected chi connectivity index (χ3v) is 6.12. The van der Waals surface area contributed by atoms with Crippen LogP contribution >= 0.6 is 11.3 Å². The van der Waals surface area contributed by atoms with E-state index in [0.29, 0.717) is 16.2 Å². The molecule has 1 aromatic carbocycles. The third-order valence-electron chi connectivity index (χ3n) is 4.88. The van der Waals surface area contributed by atoms with Crippen LogP contribution in [0.5, 0.6) is 11.5 Å². The number of thiophene rings is 1. The molecule has 1 aliphatic carbocycles. The fourth-order valence-corrected chi connectivity index (χ4v) is 4.59. The van der Waals surface area contributed by atoms with Crippen LogP contribution in [-0.2, 0) is 12.8 Å². The van der Waals surface area contributed by atoms with Crippen molar-refractivity contribution in [1.29, 1.82) is 0 Å². The molecular formula is C21H24N2O5S. The molecule has 0 saturated heterocycles. The summed E-state index contributed by atoms with van der Waals surface area (Å²) in [5.74, 6) is -1.06. The molecule has 0 bridgehead atoms. The highest BCUT2D eigenvalue weighted by molar-refractivity contribution is 7.14. The third kappa shape index (κ3) is 4.76. The summed E-state index contributed by atoms with van der Waals surface area (Å²) in [6, 6.07) is 5.10. The largest absolute Gasteiger partial charge is 0.493 e. The Morgan fingerprint density at radius 2 is 1.90 bits per heavy atom. The zero-order valence-corrected chi connectivity index (χ0v) is 17.3. The minimum atomic E-state index is -1.17. The van der Waals surface area contributed by atoms with Crippen molar-refractivity contribution in [3.8, 4) is 11.5 Å². The molecule has 1 heterocycles. The Kier molecular flexibility index (Phi) is 6.87. The van der Waals surface area contributed by atoms with Crippen LogP contribution in [0, 0.1) is 0 Å². The van der Waals surface area contributed by atoms with Gasteiger partial charge in [0.15, 0.2) is 11.5 Å². The van der Waals surface area contributed by atoms with Crippen molar-refractivity contribution >= 4 is 29.4 Å². The lowest BCUT2D eigenvalue weighted by Gasteiger charge is -2.12. The van der Waals surface area contributed by atoms with E-state index in [1.54, 1.807) is 12.1 Å². The topological polar surface area (TPSA) is 97.2 Å². The molecule has 0 atom stereocenters. The Balaban J connectivity index is 1.77. The number of benzene rings is 1. The second kappa shape index (κ2) is 9.56. The van der Waals surface area contributed by atoms with Gasteiger partial charge in [-0.25, -0.2) is 10.2 Å². The molecule has 0 unspecified atom stereocenters. The number of nitrogens with zero attached hydrogens (tertiary/aromatic N) is 1. The fraction of sp³-hybridized carbons (Fsp3) is 0.381.